The highest BCUT2D eigenvalue weighted by Gasteiger charge is 2.04. The van der Waals surface area contributed by atoms with Crippen LogP contribution in [0.25, 0.3) is 0 Å². The number of nitrogens with one attached hydrogen (secondary N) is 1. The average Bonchev–Trinajstić information content (AvgIpc) is 2.36. The Labute approximate surface area is 107 Å². The van der Waals surface area contributed by atoms with Crippen LogP contribution in [0.15, 0.2) is 24.3 Å². The predicted octanol–water partition coefficient (Wildman–Crippen LogP) is 0.349. The molecule has 5 heteroatoms. The lowest BCUT2D eigenvalue weighted by Gasteiger charge is -2.11. The van der Waals surface area contributed by atoms with Crippen molar-refractivity contribution in [3.8, 4) is 5.75 Å². The number of likely N-dealkylation sites (N-methyl/N-ethyl adjacent to an activating group) is 1. The molecule has 2 N–H and O–H groups in total. The van der Waals surface area contributed by atoms with Crippen molar-refractivity contribution in [2.75, 3.05) is 40.4 Å². The van der Waals surface area contributed by atoms with E-state index >= 15 is 0 Å². The first-order chi connectivity index (χ1) is 8.63. The summed E-state index contributed by atoms with van der Waals surface area (Å²) in [4.78, 5) is 13.6. The molecule has 0 aliphatic rings. The summed E-state index contributed by atoms with van der Waals surface area (Å²) in [6.07, 6.45) is 0. The smallest absolute Gasteiger partial charge is 0.251 e. The highest BCUT2D eigenvalue weighted by Crippen LogP contribution is 2.11. The van der Waals surface area contributed by atoms with Gasteiger partial charge in [0.05, 0.1) is 6.61 Å². The van der Waals surface area contributed by atoms with E-state index in [4.69, 9.17) is 9.84 Å². The molecule has 0 aliphatic heterocycles. The molecule has 0 aliphatic carbocycles. The fourth-order valence-corrected chi connectivity index (χ4v) is 1.32. The van der Waals surface area contributed by atoms with Crippen molar-refractivity contribution >= 4 is 5.91 Å². The molecule has 1 aromatic carbocycles. The largest absolute Gasteiger partial charge is 0.492 e. The second kappa shape index (κ2) is 7.68. The number of benzene rings is 1. The summed E-state index contributed by atoms with van der Waals surface area (Å²) < 4.78 is 5.52. The van der Waals surface area contributed by atoms with Gasteiger partial charge in [0.1, 0.15) is 12.4 Å². The summed E-state index contributed by atoms with van der Waals surface area (Å²) >= 11 is 0. The predicted molar refractivity (Wildman–Crippen MR) is 69.9 cm³/mol. The zero-order valence-corrected chi connectivity index (χ0v) is 10.8. The van der Waals surface area contributed by atoms with Crippen molar-refractivity contribution in [3.05, 3.63) is 29.8 Å². The third-order valence-electron chi connectivity index (χ3n) is 2.32. The molecule has 0 saturated carbocycles. The topological polar surface area (TPSA) is 61.8 Å². The van der Waals surface area contributed by atoms with Crippen LogP contribution in [0.5, 0.6) is 5.75 Å². The molecule has 1 aromatic rings. The van der Waals surface area contributed by atoms with Crippen LogP contribution in [0.1, 0.15) is 10.4 Å². The van der Waals surface area contributed by atoms with Gasteiger partial charge in [-0.2, -0.15) is 0 Å². The van der Waals surface area contributed by atoms with E-state index in [1.54, 1.807) is 24.3 Å². The number of hydrogen-bond donors (Lipinski definition) is 2. The monoisotopic (exact) mass is 252 g/mol. The molecule has 0 aromatic heterocycles. The van der Waals surface area contributed by atoms with Gasteiger partial charge in [-0.3, -0.25) is 4.79 Å². The highest BCUT2D eigenvalue weighted by molar-refractivity contribution is 5.94. The Bertz CT molecular complexity index is 363. The van der Waals surface area contributed by atoms with E-state index < -0.39 is 0 Å². The molecule has 0 spiro atoms. The summed E-state index contributed by atoms with van der Waals surface area (Å²) in [7, 11) is 3.97. The van der Waals surface area contributed by atoms with Gasteiger partial charge in [-0.1, -0.05) is 0 Å². The molecule has 0 atom stereocenters. The Morgan fingerprint density at radius 1 is 1.33 bits per heavy atom. The van der Waals surface area contributed by atoms with Gasteiger partial charge in [-0.25, -0.2) is 0 Å². The summed E-state index contributed by atoms with van der Waals surface area (Å²) in [5.41, 5.74) is 0.559. The molecule has 0 saturated heterocycles. The standard InChI is InChI=1S/C13H20N2O3/c1-15(2)8-10-18-12-5-3-11(4-6-12)13(17)14-7-9-16/h3-6,16H,7-10H2,1-2H3,(H,14,17). The van der Waals surface area contributed by atoms with E-state index in [0.29, 0.717) is 12.2 Å². The zero-order chi connectivity index (χ0) is 13.4. The van der Waals surface area contributed by atoms with E-state index in [0.717, 1.165) is 12.3 Å². The van der Waals surface area contributed by atoms with Gasteiger partial charge in [-0.05, 0) is 38.4 Å². The Hall–Kier alpha value is -1.59. The Morgan fingerprint density at radius 3 is 2.56 bits per heavy atom. The van der Waals surface area contributed by atoms with Crippen LogP contribution >= 0.6 is 0 Å². The van der Waals surface area contributed by atoms with E-state index in [1.165, 1.54) is 0 Å². The number of rotatable bonds is 7. The second-order valence-corrected chi connectivity index (χ2v) is 4.16. The Balaban J connectivity index is 2.44. The SMILES string of the molecule is CN(C)CCOc1ccc(C(=O)NCCO)cc1. The average molecular weight is 252 g/mol. The number of hydrogen-bond acceptors (Lipinski definition) is 4. The Kier molecular flexibility index (Phi) is 6.18. The van der Waals surface area contributed by atoms with E-state index in [-0.39, 0.29) is 19.1 Å². The molecule has 1 amide bonds. The van der Waals surface area contributed by atoms with Crippen molar-refractivity contribution in [3.63, 3.8) is 0 Å². The lowest BCUT2D eigenvalue weighted by atomic mass is 10.2. The maximum atomic E-state index is 11.5. The van der Waals surface area contributed by atoms with Crippen LogP contribution in [0.2, 0.25) is 0 Å². The molecule has 0 unspecified atom stereocenters. The zero-order valence-electron chi connectivity index (χ0n) is 10.8. The lowest BCUT2D eigenvalue weighted by molar-refractivity contribution is 0.0944. The number of carbonyl (C=O) groups excluding carboxylic acids is 1. The van der Waals surface area contributed by atoms with Crippen LogP contribution in [-0.2, 0) is 0 Å². The van der Waals surface area contributed by atoms with E-state index in [2.05, 4.69) is 5.32 Å². The summed E-state index contributed by atoms with van der Waals surface area (Å²) in [6.45, 7) is 1.67. The first-order valence-corrected chi connectivity index (χ1v) is 5.90. The molecule has 0 bridgehead atoms. The Morgan fingerprint density at radius 2 is 2.00 bits per heavy atom. The fourth-order valence-electron chi connectivity index (χ4n) is 1.32. The number of amides is 1. The number of carbonyl (C=O) groups is 1. The highest BCUT2D eigenvalue weighted by atomic mass is 16.5. The number of aliphatic hydroxyl groups excluding tert-OH is 1. The van der Waals surface area contributed by atoms with Crippen LogP contribution < -0.4 is 10.1 Å². The summed E-state index contributed by atoms with van der Waals surface area (Å²) in [5.74, 6) is 0.555. The van der Waals surface area contributed by atoms with E-state index in [9.17, 15) is 4.79 Å². The van der Waals surface area contributed by atoms with Gasteiger partial charge in [-0.15, -0.1) is 0 Å². The van der Waals surface area contributed by atoms with E-state index in [1.807, 2.05) is 19.0 Å². The molecule has 18 heavy (non-hydrogen) atoms. The summed E-state index contributed by atoms with van der Waals surface area (Å²) in [6, 6.07) is 6.95. The molecule has 0 radical (unpaired) electrons. The van der Waals surface area contributed by atoms with Gasteiger partial charge >= 0.3 is 0 Å². The molecule has 100 valence electrons. The van der Waals surface area contributed by atoms with Gasteiger partial charge in [0, 0.05) is 18.7 Å². The third kappa shape index (κ3) is 5.16. The van der Waals surface area contributed by atoms with Crippen molar-refractivity contribution in [2.24, 2.45) is 0 Å². The molecular formula is C13H20N2O3. The molecule has 0 fully saturated rings. The van der Waals surface area contributed by atoms with Gasteiger partial charge in [0.2, 0.25) is 0 Å². The maximum Gasteiger partial charge on any atom is 0.251 e. The number of ether oxygens (including phenoxy) is 1. The normalized spacial score (nSPS) is 10.4. The number of nitrogens with zero attached hydrogens (tertiary/aromatic N) is 1. The van der Waals surface area contributed by atoms with Crippen molar-refractivity contribution in [1.82, 2.24) is 10.2 Å². The minimum atomic E-state index is -0.191. The molecule has 0 heterocycles. The summed E-state index contributed by atoms with van der Waals surface area (Å²) in [5, 5.41) is 11.2. The van der Waals surface area contributed by atoms with Gasteiger partial charge < -0.3 is 20.1 Å². The maximum absolute atomic E-state index is 11.5. The quantitative estimate of drug-likeness (QED) is 0.735. The van der Waals surface area contributed by atoms with Crippen molar-refractivity contribution in [1.29, 1.82) is 0 Å². The first-order valence-electron chi connectivity index (χ1n) is 5.90. The van der Waals surface area contributed by atoms with Crippen LogP contribution in [0.4, 0.5) is 0 Å². The fraction of sp³-hybridized carbons (Fsp3) is 0.462. The minimum absolute atomic E-state index is 0.0581. The van der Waals surface area contributed by atoms with Crippen LogP contribution in [0.3, 0.4) is 0 Å². The third-order valence-corrected chi connectivity index (χ3v) is 2.32. The second-order valence-electron chi connectivity index (χ2n) is 4.16. The number of aliphatic hydroxyl groups is 1. The van der Waals surface area contributed by atoms with Gasteiger partial charge in [0.25, 0.3) is 5.91 Å². The molecule has 5 nitrogen and oxygen atoms in total. The molecular weight excluding hydrogens is 232 g/mol. The van der Waals surface area contributed by atoms with Crippen molar-refractivity contribution < 1.29 is 14.6 Å². The first kappa shape index (κ1) is 14.5. The van der Waals surface area contributed by atoms with Crippen molar-refractivity contribution in [2.45, 2.75) is 0 Å². The van der Waals surface area contributed by atoms with Gasteiger partial charge in [0.15, 0.2) is 0 Å². The lowest BCUT2D eigenvalue weighted by Crippen LogP contribution is -2.26. The molecule has 1 rings (SSSR count). The minimum Gasteiger partial charge on any atom is -0.492 e. The van der Waals surface area contributed by atoms with Crippen LogP contribution in [-0.4, -0.2) is 56.3 Å². The van der Waals surface area contributed by atoms with Crippen LogP contribution in [0, 0.1) is 0 Å².